The van der Waals surface area contributed by atoms with Crippen molar-refractivity contribution in [2.24, 2.45) is 5.10 Å². The second kappa shape index (κ2) is 10.9. The first-order valence-corrected chi connectivity index (χ1v) is 10.1. The van der Waals surface area contributed by atoms with Crippen molar-refractivity contribution in [2.75, 3.05) is 5.32 Å². The highest BCUT2D eigenvalue weighted by atomic mass is 35.5. The van der Waals surface area contributed by atoms with E-state index in [0.717, 1.165) is 0 Å². The molecular weight excluding hydrogens is 430 g/mol. The molecule has 0 heterocycles. The number of para-hydroxylation sites is 1. The van der Waals surface area contributed by atoms with E-state index >= 15 is 0 Å². The highest BCUT2D eigenvalue weighted by molar-refractivity contribution is 6.30. The first kappa shape index (κ1) is 22.7. The van der Waals surface area contributed by atoms with Crippen LogP contribution in [0.3, 0.4) is 0 Å². The highest BCUT2D eigenvalue weighted by Crippen LogP contribution is 2.18. The number of carbonyl (C=O) groups is 3. The summed E-state index contributed by atoms with van der Waals surface area (Å²) in [6, 6.07) is 19.6. The largest absolute Gasteiger partial charge is 0.422 e. The summed E-state index contributed by atoms with van der Waals surface area (Å²) in [6.07, 6.45) is 1.76. The van der Waals surface area contributed by atoms with E-state index in [1.165, 1.54) is 6.21 Å². The van der Waals surface area contributed by atoms with Crippen molar-refractivity contribution in [1.82, 2.24) is 5.43 Å². The lowest BCUT2D eigenvalue weighted by molar-refractivity contribution is -0.115. The molecule has 0 spiro atoms. The number of hydrogen-bond acceptors (Lipinski definition) is 5. The average Bonchev–Trinajstić information content (AvgIpc) is 2.81. The topological polar surface area (TPSA) is 96.9 Å². The molecule has 32 heavy (non-hydrogen) atoms. The van der Waals surface area contributed by atoms with Crippen LogP contribution in [0.25, 0.3) is 0 Å². The number of nitrogens with zero attached hydrogens (tertiary/aromatic N) is 1. The summed E-state index contributed by atoms with van der Waals surface area (Å²) < 4.78 is 5.45. The van der Waals surface area contributed by atoms with Crippen molar-refractivity contribution in [3.8, 4) is 5.75 Å². The van der Waals surface area contributed by atoms with Gasteiger partial charge in [0.15, 0.2) is 0 Å². The van der Waals surface area contributed by atoms with Crippen molar-refractivity contribution < 1.29 is 19.1 Å². The number of hydrazone groups is 1. The Morgan fingerprint density at radius 2 is 1.59 bits per heavy atom. The number of ether oxygens (including phenoxy) is 1. The summed E-state index contributed by atoms with van der Waals surface area (Å²) in [5, 5.41) is 7.18. The van der Waals surface area contributed by atoms with E-state index in [1.807, 2.05) is 0 Å². The average molecular weight is 450 g/mol. The molecular formula is C24H20ClN3O4. The molecule has 3 aromatic carbocycles. The molecule has 0 saturated carbocycles. The van der Waals surface area contributed by atoms with Gasteiger partial charge in [-0.05, 0) is 60.7 Å². The lowest BCUT2D eigenvalue weighted by Crippen LogP contribution is -2.18. The molecule has 3 rings (SSSR count). The Morgan fingerprint density at radius 3 is 2.28 bits per heavy atom. The standard InChI is InChI=1S/C24H20ClN3O4/c1-2-22(29)27-20-13-9-16(10-14-20)23(30)28-26-15-18-5-3-4-6-21(18)32-24(31)17-7-11-19(25)12-8-17/h3-15H,2H2,1H3,(H,27,29)(H,28,30)/b26-15-. The van der Waals surface area contributed by atoms with E-state index in [1.54, 1.807) is 79.7 Å². The van der Waals surface area contributed by atoms with E-state index in [2.05, 4.69) is 15.8 Å². The molecule has 0 bridgehead atoms. The van der Waals surface area contributed by atoms with Crippen LogP contribution in [0, 0.1) is 0 Å². The smallest absolute Gasteiger partial charge is 0.343 e. The zero-order valence-corrected chi connectivity index (χ0v) is 17.9. The van der Waals surface area contributed by atoms with Gasteiger partial charge in [0.2, 0.25) is 5.91 Å². The molecule has 0 unspecified atom stereocenters. The summed E-state index contributed by atoms with van der Waals surface area (Å²) >= 11 is 5.84. The summed E-state index contributed by atoms with van der Waals surface area (Å²) in [5.74, 6) is -0.782. The van der Waals surface area contributed by atoms with E-state index in [0.29, 0.717) is 39.6 Å². The Morgan fingerprint density at radius 1 is 0.938 bits per heavy atom. The highest BCUT2D eigenvalue weighted by Gasteiger charge is 2.11. The number of halogens is 1. The molecule has 2 N–H and O–H groups in total. The SMILES string of the molecule is CCC(=O)Nc1ccc(C(=O)N/N=C\c2ccccc2OC(=O)c2ccc(Cl)cc2)cc1. The maximum Gasteiger partial charge on any atom is 0.343 e. The van der Waals surface area contributed by atoms with Gasteiger partial charge in [0.1, 0.15) is 5.75 Å². The zero-order valence-electron chi connectivity index (χ0n) is 17.2. The summed E-state index contributed by atoms with van der Waals surface area (Å²) in [4.78, 5) is 36.1. The van der Waals surface area contributed by atoms with Gasteiger partial charge in [0, 0.05) is 28.3 Å². The third-order valence-electron chi connectivity index (χ3n) is 4.32. The zero-order chi connectivity index (χ0) is 22.9. The number of rotatable bonds is 7. The van der Waals surface area contributed by atoms with E-state index in [-0.39, 0.29) is 5.91 Å². The normalized spacial score (nSPS) is 10.6. The number of benzene rings is 3. The monoisotopic (exact) mass is 449 g/mol. The third kappa shape index (κ3) is 6.26. The fourth-order valence-electron chi connectivity index (χ4n) is 2.60. The van der Waals surface area contributed by atoms with Crippen LogP contribution in [0.2, 0.25) is 5.02 Å². The van der Waals surface area contributed by atoms with Crippen LogP contribution in [0.4, 0.5) is 5.69 Å². The van der Waals surface area contributed by atoms with Crippen LogP contribution >= 0.6 is 11.6 Å². The van der Waals surface area contributed by atoms with Crippen molar-refractivity contribution in [3.05, 3.63) is 94.5 Å². The van der Waals surface area contributed by atoms with Crippen LogP contribution in [0.1, 0.15) is 39.6 Å². The Balaban J connectivity index is 1.63. The predicted molar refractivity (Wildman–Crippen MR) is 123 cm³/mol. The predicted octanol–water partition coefficient (Wildman–Crippen LogP) is 4.67. The number of esters is 1. The van der Waals surface area contributed by atoms with Crippen LogP contribution in [0.15, 0.2) is 77.9 Å². The summed E-state index contributed by atoms with van der Waals surface area (Å²) in [5.41, 5.74) is 4.27. The minimum Gasteiger partial charge on any atom is -0.422 e. The molecule has 0 saturated heterocycles. The molecule has 0 aromatic heterocycles. The Kier molecular flexibility index (Phi) is 7.72. The molecule has 7 nitrogen and oxygen atoms in total. The quantitative estimate of drug-likeness (QED) is 0.237. The lowest BCUT2D eigenvalue weighted by Gasteiger charge is -2.07. The van der Waals surface area contributed by atoms with Gasteiger partial charge < -0.3 is 10.1 Å². The molecule has 0 aliphatic carbocycles. The molecule has 2 amide bonds. The maximum atomic E-state index is 12.4. The Bertz CT molecular complexity index is 1140. The molecule has 162 valence electrons. The van der Waals surface area contributed by atoms with Crippen LogP contribution in [-0.4, -0.2) is 24.0 Å². The minimum absolute atomic E-state index is 0.109. The number of amides is 2. The first-order valence-electron chi connectivity index (χ1n) is 9.76. The molecule has 8 heteroatoms. The Hall–Kier alpha value is -3.97. The van der Waals surface area contributed by atoms with Gasteiger partial charge in [0.25, 0.3) is 5.91 Å². The molecule has 0 atom stereocenters. The van der Waals surface area contributed by atoms with Crippen molar-refractivity contribution in [2.45, 2.75) is 13.3 Å². The van der Waals surface area contributed by atoms with Gasteiger partial charge >= 0.3 is 5.97 Å². The number of nitrogens with one attached hydrogen (secondary N) is 2. The van der Waals surface area contributed by atoms with E-state index in [4.69, 9.17) is 16.3 Å². The van der Waals surface area contributed by atoms with Gasteiger partial charge in [-0.3, -0.25) is 9.59 Å². The van der Waals surface area contributed by atoms with Crippen molar-refractivity contribution in [3.63, 3.8) is 0 Å². The molecule has 0 fully saturated rings. The first-order chi connectivity index (χ1) is 15.5. The van der Waals surface area contributed by atoms with Gasteiger partial charge in [-0.25, -0.2) is 10.2 Å². The molecule has 0 aliphatic rings. The van der Waals surface area contributed by atoms with Crippen molar-refractivity contribution >= 4 is 41.3 Å². The van der Waals surface area contributed by atoms with Gasteiger partial charge in [-0.2, -0.15) is 5.10 Å². The lowest BCUT2D eigenvalue weighted by atomic mass is 10.2. The fourth-order valence-corrected chi connectivity index (χ4v) is 2.73. The number of carbonyl (C=O) groups excluding carboxylic acids is 3. The van der Waals surface area contributed by atoms with Crippen LogP contribution < -0.4 is 15.5 Å². The summed E-state index contributed by atoms with van der Waals surface area (Å²) in [6.45, 7) is 1.76. The number of hydrogen-bond donors (Lipinski definition) is 2. The van der Waals surface area contributed by atoms with E-state index in [9.17, 15) is 14.4 Å². The van der Waals surface area contributed by atoms with Gasteiger partial charge in [0.05, 0.1) is 11.8 Å². The number of anilines is 1. The van der Waals surface area contributed by atoms with E-state index < -0.39 is 11.9 Å². The maximum absolute atomic E-state index is 12.4. The van der Waals surface area contributed by atoms with Gasteiger partial charge in [-0.15, -0.1) is 0 Å². The second-order valence-corrected chi connectivity index (χ2v) is 7.05. The third-order valence-corrected chi connectivity index (χ3v) is 4.58. The van der Waals surface area contributed by atoms with Gasteiger partial charge in [-0.1, -0.05) is 30.7 Å². The second-order valence-electron chi connectivity index (χ2n) is 6.61. The molecule has 0 aliphatic heterocycles. The fraction of sp³-hybridized carbons (Fsp3) is 0.0833. The van der Waals surface area contributed by atoms with Crippen LogP contribution in [-0.2, 0) is 4.79 Å². The van der Waals surface area contributed by atoms with Crippen LogP contribution in [0.5, 0.6) is 5.75 Å². The molecule has 3 aromatic rings. The van der Waals surface area contributed by atoms with Crippen molar-refractivity contribution in [1.29, 1.82) is 0 Å². The Labute approximate surface area is 190 Å². The minimum atomic E-state index is -0.540. The molecule has 0 radical (unpaired) electrons. The summed E-state index contributed by atoms with van der Waals surface area (Å²) in [7, 11) is 0.